The molecule has 14 heavy (non-hydrogen) atoms. The van der Waals surface area contributed by atoms with Gasteiger partial charge in [0.1, 0.15) is 0 Å². The second-order valence-electron chi connectivity index (χ2n) is 4.20. The van der Waals surface area contributed by atoms with Crippen LogP contribution in [0.5, 0.6) is 0 Å². The highest BCUT2D eigenvalue weighted by Crippen LogP contribution is 2.25. The van der Waals surface area contributed by atoms with Crippen molar-refractivity contribution in [1.29, 1.82) is 0 Å². The van der Waals surface area contributed by atoms with Crippen LogP contribution >= 0.6 is 0 Å². The Labute approximate surface area is 85.9 Å². The van der Waals surface area contributed by atoms with Gasteiger partial charge < -0.3 is 10.2 Å². The summed E-state index contributed by atoms with van der Waals surface area (Å²) in [5.74, 6) is 0. The molecule has 0 spiro atoms. The van der Waals surface area contributed by atoms with Crippen LogP contribution in [-0.2, 0) is 6.54 Å². The SMILES string of the molecule is Cc1ccc2c(c1C)CN(C)CCN2. The lowest BCUT2D eigenvalue weighted by molar-refractivity contribution is 0.345. The zero-order chi connectivity index (χ0) is 10.1. The number of nitrogens with one attached hydrogen (secondary N) is 1. The molecule has 2 rings (SSSR count). The highest BCUT2D eigenvalue weighted by atomic mass is 15.1. The highest BCUT2D eigenvalue weighted by molar-refractivity contribution is 5.57. The first-order valence-electron chi connectivity index (χ1n) is 5.20. The summed E-state index contributed by atoms with van der Waals surface area (Å²) in [5, 5.41) is 3.48. The monoisotopic (exact) mass is 190 g/mol. The van der Waals surface area contributed by atoms with Crippen LogP contribution in [0.25, 0.3) is 0 Å². The van der Waals surface area contributed by atoms with Crippen LogP contribution in [0.4, 0.5) is 5.69 Å². The molecule has 1 aliphatic rings. The Kier molecular flexibility index (Phi) is 2.46. The van der Waals surface area contributed by atoms with Gasteiger partial charge in [0.25, 0.3) is 0 Å². The Hall–Kier alpha value is -1.02. The summed E-state index contributed by atoms with van der Waals surface area (Å²) in [4.78, 5) is 2.37. The predicted octanol–water partition coefficient (Wildman–Crippen LogP) is 2.16. The molecule has 0 atom stereocenters. The van der Waals surface area contributed by atoms with Crippen molar-refractivity contribution < 1.29 is 0 Å². The van der Waals surface area contributed by atoms with Gasteiger partial charge in [0.2, 0.25) is 0 Å². The molecule has 1 N–H and O–H groups in total. The van der Waals surface area contributed by atoms with Crippen molar-refractivity contribution in [2.24, 2.45) is 0 Å². The van der Waals surface area contributed by atoms with Gasteiger partial charge in [-0.3, -0.25) is 0 Å². The largest absolute Gasteiger partial charge is 0.383 e. The summed E-state index contributed by atoms with van der Waals surface area (Å²) in [5.41, 5.74) is 5.60. The van der Waals surface area contributed by atoms with Gasteiger partial charge in [0.05, 0.1) is 0 Å². The first kappa shape index (κ1) is 9.53. The standard InChI is InChI=1S/C12H18N2/c1-9-4-5-12-11(10(9)2)8-14(3)7-6-13-12/h4-5,13H,6-8H2,1-3H3. The molecule has 1 aliphatic heterocycles. The lowest BCUT2D eigenvalue weighted by Crippen LogP contribution is -2.21. The number of rotatable bonds is 0. The maximum Gasteiger partial charge on any atom is 0.0389 e. The van der Waals surface area contributed by atoms with Crippen LogP contribution in [0.1, 0.15) is 16.7 Å². The molecule has 1 aromatic rings. The van der Waals surface area contributed by atoms with E-state index in [4.69, 9.17) is 0 Å². The Balaban J connectivity index is 2.46. The molecule has 76 valence electrons. The Bertz CT molecular complexity index is 344. The molecule has 0 unspecified atom stereocenters. The smallest absolute Gasteiger partial charge is 0.0389 e. The van der Waals surface area contributed by atoms with Crippen molar-refractivity contribution in [3.63, 3.8) is 0 Å². The van der Waals surface area contributed by atoms with E-state index in [0.29, 0.717) is 0 Å². The summed E-state index contributed by atoms with van der Waals surface area (Å²) in [7, 11) is 2.18. The molecule has 0 saturated carbocycles. The summed E-state index contributed by atoms with van der Waals surface area (Å²) in [6.07, 6.45) is 0. The minimum absolute atomic E-state index is 1.05. The zero-order valence-corrected chi connectivity index (χ0v) is 9.22. The molecule has 2 nitrogen and oxygen atoms in total. The fourth-order valence-corrected chi connectivity index (χ4v) is 1.97. The minimum atomic E-state index is 1.05. The topological polar surface area (TPSA) is 15.3 Å². The fraction of sp³-hybridized carbons (Fsp3) is 0.500. The van der Waals surface area contributed by atoms with Crippen molar-refractivity contribution in [2.45, 2.75) is 20.4 Å². The normalized spacial score (nSPS) is 17.1. The van der Waals surface area contributed by atoms with E-state index in [1.54, 1.807) is 0 Å². The summed E-state index contributed by atoms with van der Waals surface area (Å²) in [6.45, 7) is 7.63. The third-order valence-electron chi connectivity index (χ3n) is 3.11. The van der Waals surface area contributed by atoms with Gasteiger partial charge in [-0.25, -0.2) is 0 Å². The highest BCUT2D eigenvalue weighted by Gasteiger charge is 2.13. The maximum absolute atomic E-state index is 3.48. The van der Waals surface area contributed by atoms with Crippen LogP contribution in [-0.4, -0.2) is 25.0 Å². The molecule has 2 heteroatoms. The van der Waals surface area contributed by atoms with Crippen LogP contribution in [0.3, 0.4) is 0 Å². The van der Waals surface area contributed by atoms with Crippen molar-refractivity contribution in [2.75, 3.05) is 25.5 Å². The van der Waals surface area contributed by atoms with E-state index in [0.717, 1.165) is 19.6 Å². The van der Waals surface area contributed by atoms with E-state index in [-0.39, 0.29) is 0 Å². The minimum Gasteiger partial charge on any atom is -0.383 e. The lowest BCUT2D eigenvalue weighted by atomic mass is 10.0. The molecule has 1 aromatic carbocycles. The Morgan fingerprint density at radius 3 is 2.86 bits per heavy atom. The quantitative estimate of drug-likeness (QED) is 0.674. The Morgan fingerprint density at radius 1 is 1.29 bits per heavy atom. The van der Waals surface area contributed by atoms with E-state index in [1.165, 1.54) is 22.4 Å². The Morgan fingerprint density at radius 2 is 2.07 bits per heavy atom. The van der Waals surface area contributed by atoms with Crippen molar-refractivity contribution in [3.8, 4) is 0 Å². The van der Waals surface area contributed by atoms with Gasteiger partial charge in [-0.15, -0.1) is 0 Å². The molecule has 0 saturated heterocycles. The molecule has 0 amide bonds. The van der Waals surface area contributed by atoms with E-state index in [2.05, 4.69) is 43.2 Å². The molecule has 0 fully saturated rings. The second kappa shape index (κ2) is 3.62. The first-order chi connectivity index (χ1) is 6.68. The van der Waals surface area contributed by atoms with Crippen LogP contribution in [0.15, 0.2) is 12.1 Å². The molecule has 1 heterocycles. The van der Waals surface area contributed by atoms with E-state index in [1.807, 2.05) is 0 Å². The van der Waals surface area contributed by atoms with Crippen molar-refractivity contribution in [1.82, 2.24) is 4.90 Å². The average Bonchev–Trinajstić information content (AvgIpc) is 2.34. The predicted molar refractivity (Wildman–Crippen MR) is 60.7 cm³/mol. The third kappa shape index (κ3) is 1.62. The van der Waals surface area contributed by atoms with Crippen LogP contribution in [0.2, 0.25) is 0 Å². The fourth-order valence-electron chi connectivity index (χ4n) is 1.97. The van der Waals surface area contributed by atoms with Crippen LogP contribution in [0, 0.1) is 13.8 Å². The maximum atomic E-state index is 3.48. The molecular weight excluding hydrogens is 172 g/mol. The van der Waals surface area contributed by atoms with Gasteiger partial charge in [-0.2, -0.15) is 0 Å². The lowest BCUT2D eigenvalue weighted by Gasteiger charge is -2.15. The number of hydrogen-bond donors (Lipinski definition) is 1. The van der Waals surface area contributed by atoms with Gasteiger partial charge >= 0.3 is 0 Å². The second-order valence-corrected chi connectivity index (χ2v) is 4.20. The number of aryl methyl sites for hydroxylation is 1. The first-order valence-corrected chi connectivity index (χ1v) is 5.20. The van der Waals surface area contributed by atoms with Gasteiger partial charge in [0, 0.05) is 25.3 Å². The number of likely N-dealkylation sites (N-methyl/N-ethyl adjacent to an activating group) is 1. The number of benzene rings is 1. The van der Waals surface area contributed by atoms with Crippen LogP contribution < -0.4 is 5.32 Å². The van der Waals surface area contributed by atoms with Gasteiger partial charge in [0.15, 0.2) is 0 Å². The van der Waals surface area contributed by atoms with E-state index >= 15 is 0 Å². The summed E-state index contributed by atoms with van der Waals surface area (Å²) >= 11 is 0. The number of nitrogens with zero attached hydrogens (tertiary/aromatic N) is 1. The summed E-state index contributed by atoms with van der Waals surface area (Å²) in [6, 6.07) is 4.41. The molecule has 0 bridgehead atoms. The van der Waals surface area contributed by atoms with Crippen molar-refractivity contribution >= 4 is 5.69 Å². The van der Waals surface area contributed by atoms with Crippen molar-refractivity contribution in [3.05, 3.63) is 28.8 Å². The van der Waals surface area contributed by atoms with E-state index in [9.17, 15) is 0 Å². The molecule has 0 aliphatic carbocycles. The average molecular weight is 190 g/mol. The number of fused-ring (bicyclic) bond motifs is 1. The number of hydrogen-bond acceptors (Lipinski definition) is 2. The number of anilines is 1. The molecular formula is C12H18N2. The molecule has 0 radical (unpaired) electrons. The third-order valence-corrected chi connectivity index (χ3v) is 3.11. The van der Waals surface area contributed by atoms with E-state index < -0.39 is 0 Å². The van der Waals surface area contributed by atoms with Gasteiger partial charge in [-0.1, -0.05) is 6.07 Å². The zero-order valence-electron chi connectivity index (χ0n) is 9.22. The molecule has 0 aromatic heterocycles. The van der Waals surface area contributed by atoms with Gasteiger partial charge in [-0.05, 0) is 43.7 Å². The summed E-state index contributed by atoms with van der Waals surface area (Å²) < 4.78 is 0.